The van der Waals surface area contributed by atoms with Gasteiger partial charge in [0.15, 0.2) is 0 Å². The zero-order valence-corrected chi connectivity index (χ0v) is 12.6. The van der Waals surface area contributed by atoms with Crippen LogP contribution in [0.25, 0.3) is 0 Å². The second-order valence-electron chi connectivity index (χ2n) is 6.04. The monoisotopic (exact) mass is 276 g/mol. The molecule has 3 heteroatoms. The van der Waals surface area contributed by atoms with Gasteiger partial charge in [-0.1, -0.05) is 19.1 Å². The third kappa shape index (κ3) is 2.92. The molecule has 104 valence electrons. The fourth-order valence-corrected chi connectivity index (χ4v) is 4.37. The molecule has 19 heavy (non-hydrogen) atoms. The average molecular weight is 276 g/mol. The lowest BCUT2D eigenvalue weighted by Crippen LogP contribution is -2.42. The van der Waals surface area contributed by atoms with Crippen LogP contribution >= 0.6 is 11.8 Å². The molecule has 0 spiro atoms. The van der Waals surface area contributed by atoms with Crippen LogP contribution in [-0.4, -0.2) is 35.5 Å². The SMILES string of the molecule is CCC1CN(CC2(c3ccc(N)cc3)CC2)CCS1. The Morgan fingerprint density at radius 3 is 2.68 bits per heavy atom. The van der Waals surface area contributed by atoms with Gasteiger partial charge in [-0.05, 0) is 37.0 Å². The van der Waals surface area contributed by atoms with Crippen molar-refractivity contribution >= 4 is 17.4 Å². The third-order valence-electron chi connectivity index (χ3n) is 4.58. The number of thioether (sulfide) groups is 1. The highest BCUT2D eigenvalue weighted by atomic mass is 32.2. The average Bonchev–Trinajstić information content (AvgIpc) is 3.20. The van der Waals surface area contributed by atoms with Crippen molar-refractivity contribution in [2.24, 2.45) is 0 Å². The van der Waals surface area contributed by atoms with E-state index in [2.05, 4.69) is 47.9 Å². The van der Waals surface area contributed by atoms with Gasteiger partial charge in [0.05, 0.1) is 0 Å². The van der Waals surface area contributed by atoms with E-state index in [1.807, 2.05) is 0 Å². The second-order valence-corrected chi connectivity index (χ2v) is 7.45. The number of nitrogen functional groups attached to an aromatic ring is 1. The summed E-state index contributed by atoms with van der Waals surface area (Å²) in [6.07, 6.45) is 3.99. The van der Waals surface area contributed by atoms with Crippen molar-refractivity contribution in [3.05, 3.63) is 29.8 Å². The molecular weight excluding hydrogens is 252 g/mol. The molecule has 2 nitrogen and oxygen atoms in total. The smallest absolute Gasteiger partial charge is 0.0314 e. The van der Waals surface area contributed by atoms with Crippen molar-refractivity contribution in [1.29, 1.82) is 0 Å². The Kier molecular flexibility index (Phi) is 3.77. The first kappa shape index (κ1) is 13.3. The van der Waals surface area contributed by atoms with E-state index in [0.717, 1.165) is 10.9 Å². The molecule has 0 amide bonds. The number of rotatable bonds is 4. The van der Waals surface area contributed by atoms with Crippen molar-refractivity contribution in [1.82, 2.24) is 4.90 Å². The first-order chi connectivity index (χ1) is 9.22. The molecule has 0 aromatic heterocycles. The summed E-state index contributed by atoms with van der Waals surface area (Å²) < 4.78 is 0. The topological polar surface area (TPSA) is 29.3 Å². The van der Waals surface area contributed by atoms with Gasteiger partial charge >= 0.3 is 0 Å². The Bertz CT molecular complexity index is 425. The molecule has 0 bridgehead atoms. The number of nitrogens with two attached hydrogens (primary N) is 1. The summed E-state index contributed by atoms with van der Waals surface area (Å²) in [7, 11) is 0. The van der Waals surface area contributed by atoms with E-state index in [4.69, 9.17) is 5.73 Å². The summed E-state index contributed by atoms with van der Waals surface area (Å²) >= 11 is 2.15. The molecule has 1 saturated carbocycles. The van der Waals surface area contributed by atoms with Gasteiger partial charge in [0.25, 0.3) is 0 Å². The largest absolute Gasteiger partial charge is 0.399 e. The number of nitrogens with zero attached hydrogens (tertiary/aromatic N) is 1. The number of benzene rings is 1. The van der Waals surface area contributed by atoms with Gasteiger partial charge in [0.1, 0.15) is 0 Å². The number of hydrogen-bond acceptors (Lipinski definition) is 3. The summed E-state index contributed by atoms with van der Waals surface area (Å²) in [5.41, 5.74) is 8.60. The molecule has 2 aliphatic rings. The fraction of sp³-hybridized carbons (Fsp3) is 0.625. The highest BCUT2D eigenvalue weighted by Gasteiger charge is 2.45. The van der Waals surface area contributed by atoms with E-state index in [1.54, 1.807) is 0 Å². The van der Waals surface area contributed by atoms with Crippen LogP contribution in [0.5, 0.6) is 0 Å². The highest BCUT2D eigenvalue weighted by molar-refractivity contribution is 8.00. The molecule has 1 saturated heterocycles. The van der Waals surface area contributed by atoms with Crippen LogP contribution in [0.1, 0.15) is 31.7 Å². The molecule has 1 aliphatic heterocycles. The van der Waals surface area contributed by atoms with Gasteiger partial charge in [-0.2, -0.15) is 11.8 Å². The molecule has 1 aromatic rings. The lowest BCUT2D eigenvalue weighted by molar-refractivity contribution is 0.256. The maximum atomic E-state index is 5.80. The minimum Gasteiger partial charge on any atom is -0.399 e. The van der Waals surface area contributed by atoms with Crippen molar-refractivity contribution in [3.63, 3.8) is 0 Å². The molecule has 1 aromatic carbocycles. The third-order valence-corrected chi connectivity index (χ3v) is 5.95. The zero-order chi connectivity index (χ0) is 13.3. The molecule has 2 N–H and O–H groups in total. The van der Waals surface area contributed by atoms with Crippen LogP contribution in [0.4, 0.5) is 5.69 Å². The van der Waals surface area contributed by atoms with E-state index in [0.29, 0.717) is 5.41 Å². The van der Waals surface area contributed by atoms with Gasteiger partial charge in [-0.3, -0.25) is 0 Å². The van der Waals surface area contributed by atoms with Crippen molar-refractivity contribution < 1.29 is 0 Å². The molecule has 0 radical (unpaired) electrons. The zero-order valence-electron chi connectivity index (χ0n) is 11.8. The van der Waals surface area contributed by atoms with Crippen LogP contribution in [0.15, 0.2) is 24.3 Å². The van der Waals surface area contributed by atoms with Crippen LogP contribution in [0, 0.1) is 0 Å². The summed E-state index contributed by atoms with van der Waals surface area (Å²) in [6.45, 7) is 6.10. The lowest BCUT2D eigenvalue weighted by Gasteiger charge is -2.34. The van der Waals surface area contributed by atoms with Crippen LogP contribution in [0.2, 0.25) is 0 Å². The Hall–Kier alpha value is -0.670. The van der Waals surface area contributed by atoms with Gasteiger partial charge in [0, 0.05) is 41.7 Å². The van der Waals surface area contributed by atoms with Crippen molar-refractivity contribution in [3.8, 4) is 0 Å². The van der Waals surface area contributed by atoms with E-state index >= 15 is 0 Å². The van der Waals surface area contributed by atoms with E-state index in [-0.39, 0.29) is 0 Å². The molecular formula is C16H24N2S. The quantitative estimate of drug-likeness (QED) is 0.857. The molecule has 1 aliphatic carbocycles. The Morgan fingerprint density at radius 1 is 1.32 bits per heavy atom. The fourth-order valence-electron chi connectivity index (χ4n) is 3.12. The summed E-state index contributed by atoms with van der Waals surface area (Å²) in [6, 6.07) is 8.57. The number of anilines is 1. The predicted octanol–water partition coefficient (Wildman–Crippen LogP) is 3.13. The Balaban J connectivity index is 1.67. The van der Waals surface area contributed by atoms with Gasteiger partial charge < -0.3 is 10.6 Å². The summed E-state index contributed by atoms with van der Waals surface area (Å²) in [4.78, 5) is 2.69. The summed E-state index contributed by atoms with van der Waals surface area (Å²) in [5, 5.41) is 0.843. The first-order valence-corrected chi connectivity index (χ1v) is 8.47. The van der Waals surface area contributed by atoms with Crippen LogP contribution in [-0.2, 0) is 5.41 Å². The molecule has 1 unspecified atom stereocenters. The molecule has 1 heterocycles. The van der Waals surface area contributed by atoms with Gasteiger partial charge in [-0.15, -0.1) is 0 Å². The second kappa shape index (κ2) is 5.37. The molecule has 2 fully saturated rings. The molecule has 3 rings (SSSR count). The predicted molar refractivity (Wildman–Crippen MR) is 84.7 cm³/mol. The Labute approximate surface area is 120 Å². The van der Waals surface area contributed by atoms with Crippen LogP contribution in [0.3, 0.4) is 0 Å². The van der Waals surface area contributed by atoms with E-state index in [9.17, 15) is 0 Å². The summed E-state index contributed by atoms with van der Waals surface area (Å²) in [5.74, 6) is 1.30. The van der Waals surface area contributed by atoms with Gasteiger partial charge in [0.2, 0.25) is 0 Å². The Morgan fingerprint density at radius 2 is 2.05 bits per heavy atom. The lowest BCUT2D eigenvalue weighted by atomic mass is 9.95. The van der Waals surface area contributed by atoms with Crippen LogP contribution < -0.4 is 5.73 Å². The van der Waals surface area contributed by atoms with Crippen molar-refractivity contribution in [2.75, 3.05) is 31.1 Å². The maximum Gasteiger partial charge on any atom is 0.0314 e. The van der Waals surface area contributed by atoms with Crippen molar-refractivity contribution in [2.45, 2.75) is 36.9 Å². The minimum atomic E-state index is 0.438. The number of hydrogen-bond donors (Lipinski definition) is 1. The highest BCUT2D eigenvalue weighted by Crippen LogP contribution is 2.49. The van der Waals surface area contributed by atoms with E-state index < -0.39 is 0 Å². The van der Waals surface area contributed by atoms with Gasteiger partial charge in [-0.25, -0.2) is 0 Å². The van der Waals surface area contributed by atoms with E-state index in [1.165, 1.54) is 50.2 Å². The standard InChI is InChI=1S/C16H24N2S/c1-2-15-11-18(9-10-19-15)12-16(7-8-16)13-3-5-14(17)6-4-13/h3-6,15H,2,7-12,17H2,1H3. The first-order valence-electron chi connectivity index (χ1n) is 7.42. The minimum absolute atomic E-state index is 0.438. The molecule has 1 atom stereocenters. The normalized spacial score (nSPS) is 26.3. The maximum absolute atomic E-state index is 5.80.